The zero-order chi connectivity index (χ0) is 18.3. The van der Waals surface area contributed by atoms with Gasteiger partial charge < -0.3 is 10.6 Å². The van der Waals surface area contributed by atoms with Crippen molar-refractivity contribution in [3.05, 3.63) is 33.1 Å². The van der Waals surface area contributed by atoms with Gasteiger partial charge in [0.15, 0.2) is 5.96 Å². The highest BCUT2D eigenvalue weighted by molar-refractivity contribution is 14.0. The fourth-order valence-electron chi connectivity index (χ4n) is 2.01. The van der Waals surface area contributed by atoms with E-state index in [1.165, 1.54) is 16.2 Å². The predicted molar refractivity (Wildman–Crippen MR) is 120 cm³/mol. The van der Waals surface area contributed by atoms with Gasteiger partial charge in [-0.05, 0) is 25.3 Å². The number of rotatable bonds is 8. The van der Waals surface area contributed by atoms with E-state index < -0.39 is 10.0 Å². The van der Waals surface area contributed by atoms with E-state index in [1.807, 2.05) is 6.92 Å². The maximum atomic E-state index is 12.0. The van der Waals surface area contributed by atoms with E-state index in [4.69, 9.17) is 0 Å². The van der Waals surface area contributed by atoms with Crippen LogP contribution in [0, 0.1) is 13.8 Å². The first kappa shape index (κ1) is 23.3. The molecule has 0 saturated carbocycles. The van der Waals surface area contributed by atoms with Crippen LogP contribution in [0.4, 0.5) is 0 Å². The number of aliphatic imine (C=N–C) groups is 1. The van der Waals surface area contributed by atoms with Crippen molar-refractivity contribution in [1.29, 1.82) is 0 Å². The van der Waals surface area contributed by atoms with E-state index in [0.29, 0.717) is 23.3 Å². The summed E-state index contributed by atoms with van der Waals surface area (Å²) in [7, 11) is -1.73. The monoisotopic (exact) mass is 529 g/mol. The van der Waals surface area contributed by atoms with Crippen LogP contribution in [-0.2, 0) is 16.4 Å². The van der Waals surface area contributed by atoms with Gasteiger partial charge in [0, 0.05) is 38.0 Å². The number of sulfonamides is 1. The third kappa shape index (κ3) is 7.10. The van der Waals surface area contributed by atoms with Gasteiger partial charge >= 0.3 is 0 Å². The van der Waals surface area contributed by atoms with Gasteiger partial charge in [-0.3, -0.25) is 4.99 Å². The molecule has 0 aliphatic heterocycles. The number of halogens is 1. The summed E-state index contributed by atoms with van der Waals surface area (Å²) in [6.07, 6.45) is 0.824. The maximum Gasteiger partial charge on any atom is 0.250 e. The molecule has 0 aliphatic carbocycles. The van der Waals surface area contributed by atoms with Gasteiger partial charge in [-0.15, -0.1) is 46.7 Å². The first-order valence-electron chi connectivity index (χ1n) is 7.83. The van der Waals surface area contributed by atoms with Gasteiger partial charge in [0.2, 0.25) is 10.0 Å². The molecule has 146 valence electrons. The van der Waals surface area contributed by atoms with Gasteiger partial charge in [0.25, 0.3) is 0 Å². The summed E-state index contributed by atoms with van der Waals surface area (Å²) >= 11 is 2.91. The van der Waals surface area contributed by atoms with Crippen molar-refractivity contribution >= 4 is 62.6 Å². The molecular weight excluding hydrogens is 505 g/mol. The van der Waals surface area contributed by atoms with Crippen LogP contribution in [0.25, 0.3) is 0 Å². The minimum absolute atomic E-state index is 0. The summed E-state index contributed by atoms with van der Waals surface area (Å²) in [5.41, 5.74) is 1.08. The van der Waals surface area contributed by atoms with E-state index in [1.54, 1.807) is 35.9 Å². The summed E-state index contributed by atoms with van der Waals surface area (Å²) < 4.78 is 26.9. The summed E-state index contributed by atoms with van der Waals surface area (Å²) in [5.74, 6) is 0.639. The standard InChI is InChI=1S/C15H23N5O2S3.HI/c1-11-12(2)24-13(20-11)6-7-17-15(16-3)18-8-9-19-25(21,22)14-5-4-10-23-14;/h4-5,10,19H,6-9H2,1-3H3,(H2,16,17,18);1H. The first-order valence-corrected chi connectivity index (χ1v) is 11.0. The third-order valence-electron chi connectivity index (χ3n) is 3.40. The van der Waals surface area contributed by atoms with Crippen LogP contribution in [0.3, 0.4) is 0 Å². The Morgan fingerprint density at radius 2 is 1.96 bits per heavy atom. The number of aromatic nitrogens is 1. The minimum atomic E-state index is -3.42. The SMILES string of the molecule is CN=C(NCCNS(=O)(=O)c1cccs1)NCCc1nc(C)c(C)s1.I. The van der Waals surface area contributed by atoms with E-state index >= 15 is 0 Å². The highest BCUT2D eigenvalue weighted by Crippen LogP contribution is 2.16. The fourth-order valence-corrected chi connectivity index (χ4v) is 5.01. The summed E-state index contributed by atoms with van der Waals surface area (Å²) in [6, 6.07) is 3.30. The molecule has 0 atom stereocenters. The average Bonchev–Trinajstić information content (AvgIpc) is 3.21. The van der Waals surface area contributed by atoms with E-state index in [2.05, 4.69) is 32.3 Å². The highest BCUT2D eigenvalue weighted by Gasteiger charge is 2.13. The first-order chi connectivity index (χ1) is 11.9. The number of hydrogen-bond acceptors (Lipinski definition) is 6. The molecule has 0 aliphatic rings. The van der Waals surface area contributed by atoms with E-state index in [-0.39, 0.29) is 30.5 Å². The number of guanidine groups is 1. The van der Waals surface area contributed by atoms with Crippen molar-refractivity contribution in [2.45, 2.75) is 24.5 Å². The van der Waals surface area contributed by atoms with Crippen LogP contribution >= 0.6 is 46.7 Å². The Kier molecular flexibility index (Phi) is 10.00. The molecule has 0 saturated heterocycles. The van der Waals surface area contributed by atoms with Gasteiger partial charge in [-0.2, -0.15) is 0 Å². The lowest BCUT2D eigenvalue weighted by Gasteiger charge is -2.11. The van der Waals surface area contributed by atoms with Crippen molar-refractivity contribution in [2.75, 3.05) is 26.7 Å². The normalized spacial score (nSPS) is 11.9. The van der Waals surface area contributed by atoms with Crippen LogP contribution in [0.15, 0.2) is 26.7 Å². The topological polar surface area (TPSA) is 95.5 Å². The smallest absolute Gasteiger partial charge is 0.250 e. The Balaban J connectivity index is 0.00000338. The average molecular weight is 529 g/mol. The van der Waals surface area contributed by atoms with Crippen LogP contribution in [-0.4, -0.2) is 46.0 Å². The molecule has 0 bridgehead atoms. The van der Waals surface area contributed by atoms with Crippen molar-refractivity contribution in [2.24, 2.45) is 4.99 Å². The summed E-state index contributed by atoms with van der Waals surface area (Å²) in [5, 5.41) is 9.13. The lowest BCUT2D eigenvalue weighted by Crippen LogP contribution is -2.42. The molecule has 0 aromatic carbocycles. The van der Waals surface area contributed by atoms with Gasteiger partial charge in [-0.1, -0.05) is 6.07 Å². The molecule has 0 unspecified atom stereocenters. The second-order valence-electron chi connectivity index (χ2n) is 5.25. The second-order valence-corrected chi connectivity index (χ2v) is 9.48. The molecular formula is C15H24IN5O2S3. The molecule has 7 nitrogen and oxygen atoms in total. The Hall–Kier alpha value is -0.760. The molecule has 2 aromatic rings. The number of thiophene rings is 1. The number of nitrogens with one attached hydrogen (secondary N) is 3. The Bertz CT molecular complexity index is 784. The molecule has 26 heavy (non-hydrogen) atoms. The number of nitrogens with zero attached hydrogens (tertiary/aromatic N) is 2. The molecule has 0 radical (unpaired) electrons. The number of thiazole rings is 1. The van der Waals surface area contributed by atoms with Crippen LogP contribution < -0.4 is 15.4 Å². The second kappa shape index (κ2) is 11.2. The minimum Gasteiger partial charge on any atom is -0.356 e. The van der Waals surface area contributed by atoms with Crippen LogP contribution in [0.1, 0.15) is 15.6 Å². The van der Waals surface area contributed by atoms with Crippen LogP contribution in [0.2, 0.25) is 0 Å². The molecule has 2 aromatic heterocycles. The maximum absolute atomic E-state index is 12.0. The zero-order valence-electron chi connectivity index (χ0n) is 14.9. The largest absolute Gasteiger partial charge is 0.356 e. The predicted octanol–water partition coefficient (Wildman–Crippen LogP) is 2.13. The Labute approximate surface area is 179 Å². The van der Waals surface area contributed by atoms with E-state index in [0.717, 1.165) is 17.1 Å². The zero-order valence-corrected chi connectivity index (χ0v) is 19.7. The quantitative estimate of drug-likeness (QED) is 0.211. The third-order valence-corrected chi connectivity index (χ3v) is 7.39. The van der Waals surface area contributed by atoms with Crippen molar-refractivity contribution in [1.82, 2.24) is 20.3 Å². The molecule has 0 spiro atoms. The van der Waals surface area contributed by atoms with Gasteiger partial charge in [-0.25, -0.2) is 18.1 Å². The fraction of sp³-hybridized carbons (Fsp3) is 0.467. The Morgan fingerprint density at radius 3 is 2.54 bits per heavy atom. The summed E-state index contributed by atoms with van der Waals surface area (Å²) in [6.45, 7) is 5.53. The number of aryl methyl sites for hydroxylation is 2. The molecule has 2 rings (SSSR count). The van der Waals surface area contributed by atoms with Crippen molar-refractivity contribution < 1.29 is 8.42 Å². The van der Waals surface area contributed by atoms with Crippen LogP contribution in [0.5, 0.6) is 0 Å². The number of hydrogen-bond donors (Lipinski definition) is 3. The Morgan fingerprint density at radius 1 is 1.23 bits per heavy atom. The van der Waals surface area contributed by atoms with Gasteiger partial charge in [0.05, 0.1) is 10.7 Å². The van der Waals surface area contributed by atoms with Gasteiger partial charge in [0.1, 0.15) is 4.21 Å². The lowest BCUT2D eigenvalue weighted by molar-refractivity contribution is 0.582. The molecule has 0 fully saturated rings. The van der Waals surface area contributed by atoms with E-state index in [9.17, 15) is 8.42 Å². The summed E-state index contributed by atoms with van der Waals surface area (Å²) in [4.78, 5) is 9.88. The molecule has 2 heterocycles. The lowest BCUT2D eigenvalue weighted by atomic mass is 10.4. The van der Waals surface area contributed by atoms with Crippen molar-refractivity contribution in [3.8, 4) is 0 Å². The molecule has 3 N–H and O–H groups in total. The molecule has 11 heteroatoms. The highest BCUT2D eigenvalue weighted by atomic mass is 127. The molecule has 0 amide bonds. The van der Waals surface area contributed by atoms with Crippen molar-refractivity contribution in [3.63, 3.8) is 0 Å².